The lowest BCUT2D eigenvalue weighted by atomic mass is 9.77. The van der Waals surface area contributed by atoms with E-state index in [-0.39, 0.29) is 6.04 Å². The molecule has 0 radical (unpaired) electrons. The average molecular weight is 221 g/mol. The first kappa shape index (κ1) is 11.7. The van der Waals surface area contributed by atoms with Crippen LogP contribution in [0.2, 0.25) is 0 Å². The van der Waals surface area contributed by atoms with Gasteiger partial charge >= 0.3 is 0 Å². The van der Waals surface area contributed by atoms with E-state index >= 15 is 0 Å². The molecule has 2 saturated carbocycles. The van der Waals surface area contributed by atoms with Crippen LogP contribution in [0.5, 0.6) is 0 Å². The molecule has 0 aromatic carbocycles. The van der Waals surface area contributed by atoms with Crippen LogP contribution >= 0.6 is 0 Å². The molecule has 0 heterocycles. The van der Waals surface area contributed by atoms with Crippen molar-refractivity contribution in [3.63, 3.8) is 0 Å². The molecule has 0 aromatic rings. The summed E-state index contributed by atoms with van der Waals surface area (Å²) in [7, 11) is 0. The zero-order valence-electron chi connectivity index (χ0n) is 10.5. The number of nitrogens with one attached hydrogen (secondary N) is 1. The lowest BCUT2D eigenvalue weighted by Crippen LogP contribution is -2.39. The summed E-state index contributed by atoms with van der Waals surface area (Å²) >= 11 is 0. The number of carbonyl (C=O) groups excluding carboxylic acids is 1. The molecule has 0 spiro atoms. The fourth-order valence-corrected chi connectivity index (χ4v) is 2.37. The number of hydrogen-bond acceptors (Lipinski definition) is 2. The van der Waals surface area contributed by atoms with E-state index in [0.29, 0.717) is 5.92 Å². The van der Waals surface area contributed by atoms with Crippen LogP contribution in [0.1, 0.15) is 52.4 Å². The first-order valence-corrected chi connectivity index (χ1v) is 6.66. The molecule has 2 aliphatic rings. The van der Waals surface area contributed by atoms with E-state index in [1.165, 1.54) is 44.2 Å². The molecule has 2 fully saturated rings. The minimum atomic E-state index is 0.00343. The molecule has 2 rings (SSSR count). The third-order valence-corrected chi connectivity index (χ3v) is 4.04. The first-order chi connectivity index (χ1) is 7.72. The molecule has 1 N–H and O–H groups in total. The summed E-state index contributed by atoms with van der Waals surface area (Å²) in [5.74, 6) is 1.12. The second-order valence-electron chi connectivity index (χ2n) is 5.55. The fraction of sp³-hybridized carbons (Fsp3) is 0.786. The molecular weight excluding hydrogens is 198 g/mol. The Bertz CT molecular complexity index is 283. The van der Waals surface area contributed by atoms with E-state index in [4.69, 9.17) is 0 Å². The van der Waals surface area contributed by atoms with Crippen LogP contribution in [0.25, 0.3) is 0 Å². The van der Waals surface area contributed by atoms with Crippen LogP contribution in [0.3, 0.4) is 0 Å². The monoisotopic (exact) mass is 221 g/mol. The number of allylic oxidation sites excluding steroid dienone is 2. The van der Waals surface area contributed by atoms with Crippen LogP contribution < -0.4 is 5.32 Å². The Morgan fingerprint density at radius 3 is 2.31 bits per heavy atom. The Balaban J connectivity index is 2.04. The summed E-state index contributed by atoms with van der Waals surface area (Å²) in [6.45, 7) is 4.21. The first-order valence-electron chi connectivity index (χ1n) is 6.66. The van der Waals surface area contributed by atoms with Crippen molar-refractivity contribution in [2.75, 3.05) is 0 Å². The van der Waals surface area contributed by atoms with Crippen LogP contribution in [0, 0.1) is 11.8 Å². The Morgan fingerprint density at radius 1 is 1.31 bits per heavy atom. The Morgan fingerprint density at radius 2 is 2.00 bits per heavy atom. The molecule has 0 aromatic heterocycles. The second-order valence-corrected chi connectivity index (χ2v) is 5.55. The van der Waals surface area contributed by atoms with Gasteiger partial charge in [0.1, 0.15) is 6.29 Å². The van der Waals surface area contributed by atoms with Gasteiger partial charge in [0, 0.05) is 5.70 Å². The van der Waals surface area contributed by atoms with Gasteiger partial charge in [-0.05, 0) is 43.9 Å². The van der Waals surface area contributed by atoms with Crippen molar-refractivity contribution < 1.29 is 4.79 Å². The van der Waals surface area contributed by atoms with Gasteiger partial charge in [0.25, 0.3) is 0 Å². The van der Waals surface area contributed by atoms with Gasteiger partial charge in [-0.15, -0.1) is 0 Å². The number of hydrogen-bond donors (Lipinski definition) is 1. The molecule has 0 amide bonds. The number of carbonyl (C=O) groups is 1. The third-order valence-electron chi connectivity index (χ3n) is 4.04. The van der Waals surface area contributed by atoms with Crippen molar-refractivity contribution >= 4 is 6.29 Å². The van der Waals surface area contributed by atoms with Crippen molar-refractivity contribution in [1.82, 2.24) is 5.32 Å². The van der Waals surface area contributed by atoms with Crippen molar-refractivity contribution in [3.05, 3.63) is 11.3 Å². The quantitative estimate of drug-likeness (QED) is 0.723. The number of aldehydes is 1. The van der Waals surface area contributed by atoms with Crippen molar-refractivity contribution in [3.8, 4) is 0 Å². The van der Waals surface area contributed by atoms with Gasteiger partial charge in [0.2, 0.25) is 0 Å². The number of rotatable bonds is 5. The summed E-state index contributed by atoms with van der Waals surface area (Å²) in [6.07, 6.45) is 8.90. The molecule has 0 saturated heterocycles. The van der Waals surface area contributed by atoms with Gasteiger partial charge in [0.15, 0.2) is 0 Å². The molecule has 2 aliphatic carbocycles. The Labute approximate surface area is 98.5 Å². The lowest BCUT2D eigenvalue weighted by Gasteiger charge is -2.36. The van der Waals surface area contributed by atoms with Crippen molar-refractivity contribution in [1.29, 1.82) is 0 Å². The summed E-state index contributed by atoms with van der Waals surface area (Å²) in [5, 5.41) is 3.52. The minimum Gasteiger partial charge on any atom is -0.378 e. The van der Waals surface area contributed by atoms with Crippen molar-refractivity contribution in [2.45, 2.75) is 58.4 Å². The van der Waals surface area contributed by atoms with E-state index in [1.807, 2.05) is 0 Å². The van der Waals surface area contributed by atoms with Crippen LogP contribution in [0.15, 0.2) is 11.3 Å². The van der Waals surface area contributed by atoms with Gasteiger partial charge in [-0.25, -0.2) is 0 Å². The molecule has 90 valence electrons. The van der Waals surface area contributed by atoms with Gasteiger partial charge in [-0.1, -0.05) is 25.8 Å². The fourth-order valence-electron chi connectivity index (χ4n) is 2.37. The Kier molecular flexibility index (Phi) is 3.67. The van der Waals surface area contributed by atoms with Crippen LogP contribution in [-0.4, -0.2) is 12.3 Å². The summed E-state index contributed by atoms with van der Waals surface area (Å²) in [6, 6.07) is 0.00343. The predicted octanol–water partition coefficient (Wildman–Crippen LogP) is 3.04. The lowest BCUT2D eigenvalue weighted by molar-refractivity contribution is -0.110. The van der Waals surface area contributed by atoms with E-state index in [2.05, 4.69) is 19.2 Å². The largest absolute Gasteiger partial charge is 0.378 e. The van der Waals surface area contributed by atoms with Gasteiger partial charge in [-0.3, -0.25) is 0 Å². The van der Waals surface area contributed by atoms with E-state index < -0.39 is 0 Å². The SMILES string of the molecule is CC(C)C(C=O)NC(=C1CCC1)C1CCC1. The smallest absolute Gasteiger partial charge is 0.142 e. The average Bonchev–Trinajstić information content (AvgIpc) is 2.07. The minimum absolute atomic E-state index is 0.00343. The standard InChI is InChI=1S/C14H23NO/c1-10(2)13(9-16)15-14(11-5-3-6-11)12-7-4-8-12/h9-11,13,15H,3-8H2,1-2H3. The van der Waals surface area contributed by atoms with E-state index in [9.17, 15) is 4.79 Å². The molecule has 1 unspecified atom stereocenters. The highest BCUT2D eigenvalue weighted by atomic mass is 16.1. The summed E-state index contributed by atoms with van der Waals surface area (Å²) < 4.78 is 0. The highest BCUT2D eigenvalue weighted by Crippen LogP contribution is 2.39. The maximum atomic E-state index is 11.1. The maximum Gasteiger partial charge on any atom is 0.142 e. The highest BCUT2D eigenvalue weighted by molar-refractivity contribution is 5.58. The second kappa shape index (κ2) is 5.03. The van der Waals surface area contributed by atoms with Crippen molar-refractivity contribution in [2.24, 2.45) is 11.8 Å². The summed E-state index contributed by atoms with van der Waals surface area (Å²) in [4.78, 5) is 11.1. The molecule has 16 heavy (non-hydrogen) atoms. The van der Waals surface area contributed by atoms with E-state index in [0.717, 1.165) is 12.2 Å². The highest BCUT2D eigenvalue weighted by Gasteiger charge is 2.28. The summed E-state index contributed by atoms with van der Waals surface area (Å²) in [5.41, 5.74) is 3.03. The van der Waals surface area contributed by atoms with Crippen LogP contribution in [-0.2, 0) is 4.79 Å². The normalized spacial score (nSPS) is 22.3. The molecule has 1 atom stereocenters. The van der Waals surface area contributed by atoms with Gasteiger partial charge in [-0.2, -0.15) is 0 Å². The molecule has 0 aliphatic heterocycles. The molecule has 2 heteroatoms. The van der Waals surface area contributed by atoms with Crippen LogP contribution in [0.4, 0.5) is 0 Å². The third kappa shape index (κ3) is 2.31. The predicted molar refractivity (Wildman–Crippen MR) is 66.0 cm³/mol. The molecule has 2 nitrogen and oxygen atoms in total. The zero-order valence-corrected chi connectivity index (χ0v) is 10.5. The Hall–Kier alpha value is -0.790. The maximum absolute atomic E-state index is 11.1. The van der Waals surface area contributed by atoms with Gasteiger partial charge < -0.3 is 10.1 Å². The molecular formula is C14H23NO. The van der Waals surface area contributed by atoms with Gasteiger partial charge in [0.05, 0.1) is 6.04 Å². The topological polar surface area (TPSA) is 29.1 Å². The zero-order chi connectivity index (χ0) is 11.5. The van der Waals surface area contributed by atoms with E-state index in [1.54, 1.807) is 5.57 Å². The molecule has 0 bridgehead atoms.